The molecular formula is C17H25N5. The van der Waals surface area contributed by atoms with Crippen LogP contribution in [-0.4, -0.2) is 44.0 Å². The molecule has 0 spiro atoms. The highest BCUT2D eigenvalue weighted by Gasteiger charge is 2.20. The molecule has 0 aromatic carbocycles. The molecule has 0 fully saturated rings. The minimum atomic E-state index is 0.551. The predicted octanol–water partition coefficient (Wildman–Crippen LogP) is 2.13. The molecule has 0 aliphatic carbocycles. The Balaban J connectivity index is 1.66. The monoisotopic (exact) mass is 299 g/mol. The summed E-state index contributed by atoms with van der Waals surface area (Å²) in [7, 11) is 2.17. The van der Waals surface area contributed by atoms with Crippen molar-refractivity contribution in [3.05, 3.63) is 47.8 Å². The molecule has 2 aromatic heterocycles. The fraction of sp³-hybridized carbons (Fsp3) is 0.529. The van der Waals surface area contributed by atoms with Crippen LogP contribution in [0.15, 0.2) is 30.6 Å². The molecular weight excluding hydrogens is 274 g/mol. The maximum atomic E-state index is 4.64. The van der Waals surface area contributed by atoms with Gasteiger partial charge < -0.3 is 4.57 Å². The van der Waals surface area contributed by atoms with Crippen molar-refractivity contribution >= 4 is 0 Å². The van der Waals surface area contributed by atoms with Gasteiger partial charge in [0.15, 0.2) is 0 Å². The van der Waals surface area contributed by atoms with Crippen LogP contribution in [-0.2, 0) is 26.2 Å². The van der Waals surface area contributed by atoms with E-state index in [1.807, 2.05) is 24.5 Å². The largest absolute Gasteiger partial charge is 0.328 e. The van der Waals surface area contributed by atoms with Crippen LogP contribution in [0.25, 0.3) is 0 Å². The second-order valence-electron chi connectivity index (χ2n) is 6.36. The summed E-state index contributed by atoms with van der Waals surface area (Å²) in [5.41, 5.74) is 2.45. The van der Waals surface area contributed by atoms with Crippen molar-refractivity contribution in [2.75, 3.05) is 13.6 Å². The molecule has 0 atom stereocenters. The molecule has 2 aromatic rings. The van der Waals surface area contributed by atoms with Gasteiger partial charge in [-0.3, -0.25) is 14.8 Å². The van der Waals surface area contributed by atoms with E-state index < -0.39 is 0 Å². The van der Waals surface area contributed by atoms with E-state index in [1.165, 1.54) is 11.5 Å². The van der Waals surface area contributed by atoms with Gasteiger partial charge >= 0.3 is 0 Å². The van der Waals surface area contributed by atoms with Gasteiger partial charge in [0.05, 0.1) is 17.9 Å². The lowest BCUT2D eigenvalue weighted by Crippen LogP contribution is -2.35. The molecule has 0 radical (unpaired) electrons. The molecule has 0 saturated carbocycles. The third kappa shape index (κ3) is 3.36. The number of hydrogen-bond donors (Lipinski definition) is 0. The van der Waals surface area contributed by atoms with Gasteiger partial charge in [0, 0.05) is 44.6 Å². The highest BCUT2D eigenvalue weighted by atomic mass is 15.3. The van der Waals surface area contributed by atoms with Crippen LogP contribution in [0.4, 0.5) is 0 Å². The summed E-state index contributed by atoms with van der Waals surface area (Å²) >= 11 is 0. The molecule has 0 amide bonds. The summed E-state index contributed by atoms with van der Waals surface area (Å²) in [5, 5.41) is 0. The van der Waals surface area contributed by atoms with E-state index in [0.29, 0.717) is 6.04 Å². The minimum absolute atomic E-state index is 0.551. The molecule has 22 heavy (non-hydrogen) atoms. The Morgan fingerprint density at radius 2 is 2.09 bits per heavy atom. The maximum absolute atomic E-state index is 4.64. The number of nitrogens with zero attached hydrogens (tertiary/aromatic N) is 5. The summed E-state index contributed by atoms with van der Waals surface area (Å²) in [4.78, 5) is 13.8. The van der Waals surface area contributed by atoms with Gasteiger partial charge in [-0.1, -0.05) is 6.07 Å². The SMILES string of the molecule is CC(C)N(C)Cc1cnc2n1CCN(Cc1ccccn1)C2. The van der Waals surface area contributed by atoms with Crippen molar-refractivity contribution in [3.8, 4) is 0 Å². The van der Waals surface area contributed by atoms with Crippen LogP contribution in [0.1, 0.15) is 31.1 Å². The molecule has 1 aliphatic heterocycles. The molecule has 0 bridgehead atoms. The van der Waals surface area contributed by atoms with Crippen LogP contribution in [0.3, 0.4) is 0 Å². The number of fused-ring (bicyclic) bond motifs is 1. The van der Waals surface area contributed by atoms with Crippen molar-refractivity contribution in [3.63, 3.8) is 0 Å². The van der Waals surface area contributed by atoms with Gasteiger partial charge in [-0.05, 0) is 33.0 Å². The van der Waals surface area contributed by atoms with Crippen LogP contribution >= 0.6 is 0 Å². The highest BCUT2D eigenvalue weighted by Crippen LogP contribution is 2.17. The molecule has 0 saturated heterocycles. The Labute approximate surface area is 132 Å². The second kappa shape index (κ2) is 6.58. The summed E-state index contributed by atoms with van der Waals surface area (Å²) in [5.74, 6) is 1.18. The minimum Gasteiger partial charge on any atom is -0.328 e. The third-order valence-electron chi connectivity index (χ3n) is 4.43. The fourth-order valence-electron chi connectivity index (χ4n) is 2.79. The van der Waals surface area contributed by atoms with Gasteiger partial charge in [0.2, 0.25) is 0 Å². The lowest BCUT2D eigenvalue weighted by Gasteiger charge is -2.29. The van der Waals surface area contributed by atoms with Crippen molar-refractivity contribution in [1.82, 2.24) is 24.3 Å². The van der Waals surface area contributed by atoms with Gasteiger partial charge in [-0.15, -0.1) is 0 Å². The first-order chi connectivity index (χ1) is 10.6. The molecule has 3 heterocycles. The zero-order chi connectivity index (χ0) is 15.5. The first kappa shape index (κ1) is 15.2. The van der Waals surface area contributed by atoms with E-state index in [9.17, 15) is 0 Å². The van der Waals surface area contributed by atoms with E-state index in [1.54, 1.807) is 0 Å². The van der Waals surface area contributed by atoms with Crippen molar-refractivity contribution in [2.45, 2.75) is 46.1 Å². The van der Waals surface area contributed by atoms with Gasteiger partial charge in [-0.2, -0.15) is 0 Å². The lowest BCUT2D eigenvalue weighted by atomic mass is 10.2. The zero-order valence-electron chi connectivity index (χ0n) is 13.7. The van der Waals surface area contributed by atoms with Crippen LogP contribution in [0.2, 0.25) is 0 Å². The Morgan fingerprint density at radius 1 is 1.23 bits per heavy atom. The smallest absolute Gasteiger partial charge is 0.123 e. The standard InChI is InChI=1S/C17H25N5/c1-14(2)20(3)12-16-10-19-17-13-21(8-9-22(16)17)11-15-6-4-5-7-18-15/h4-7,10,14H,8-9,11-13H2,1-3H3. The number of hydrogen-bond acceptors (Lipinski definition) is 4. The molecule has 0 unspecified atom stereocenters. The summed E-state index contributed by atoms with van der Waals surface area (Å²) < 4.78 is 2.38. The van der Waals surface area contributed by atoms with E-state index in [0.717, 1.165) is 38.4 Å². The zero-order valence-corrected chi connectivity index (χ0v) is 13.7. The second-order valence-corrected chi connectivity index (χ2v) is 6.36. The lowest BCUT2D eigenvalue weighted by molar-refractivity contribution is 0.199. The summed E-state index contributed by atoms with van der Waals surface area (Å²) in [6.45, 7) is 9.29. The molecule has 1 aliphatic rings. The number of imidazole rings is 1. The van der Waals surface area contributed by atoms with Crippen LogP contribution in [0.5, 0.6) is 0 Å². The topological polar surface area (TPSA) is 37.2 Å². The number of aromatic nitrogens is 3. The predicted molar refractivity (Wildman–Crippen MR) is 87.2 cm³/mol. The Bertz CT molecular complexity index is 605. The molecule has 3 rings (SSSR count). The Kier molecular flexibility index (Phi) is 4.55. The first-order valence-electron chi connectivity index (χ1n) is 7.99. The summed E-state index contributed by atoms with van der Waals surface area (Å²) in [6, 6.07) is 6.65. The van der Waals surface area contributed by atoms with E-state index >= 15 is 0 Å². The average Bonchev–Trinajstić information content (AvgIpc) is 2.90. The quantitative estimate of drug-likeness (QED) is 0.847. The molecule has 5 heteroatoms. The Morgan fingerprint density at radius 3 is 2.82 bits per heavy atom. The van der Waals surface area contributed by atoms with Crippen molar-refractivity contribution in [1.29, 1.82) is 0 Å². The van der Waals surface area contributed by atoms with Gasteiger partial charge in [0.1, 0.15) is 5.82 Å². The average molecular weight is 299 g/mol. The number of pyridine rings is 1. The van der Waals surface area contributed by atoms with Gasteiger partial charge in [0.25, 0.3) is 0 Å². The molecule has 118 valence electrons. The van der Waals surface area contributed by atoms with Crippen molar-refractivity contribution < 1.29 is 0 Å². The third-order valence-corrected chi connectivity index (χ3v) is 4.43. The first-order valence-corrected chi connectivity index (χ1v) is 7.99. The number of rotatable bonds is 5. The highest BCUT2D eigenvalue weighted by molar-refractivity contribution is 5.09. The van der Waals surface area contributed by atoms with Crippen LogP contribution in [0, 0.1) is 0 Å². The van der Waals surface area contributed by atoms with Crippen LogP contribution < -0.4 is 0 Å². The molecule has 0 N–H and O–H groups in total. The fourth-order valence-corrected chi connectivity index (χ4v) is 2.79. The Hall–Kier alpha value is -1.72. The maximum Gasteiger partial charge on any atom is 0.123 e. The summed E-state index contributed by atoms with van der Waals surface area (Å²) in [6.07, 6.45) is 3.90. The van der Waals surface area contributed by atoms with Crippen molar-refractivity contribution in [2.24, 2.45) is 0 Å². The molecule has 5 nitrogen and oxygen atoms in total. The van der Waals surface area contributed by atoms with E-state index in [2.05, 4.69) is 51.3 Å². The normalized spacial score (nSPS) is 15.5. The van der Waals surface area contributed by atoms with E-state index in [-0.39, 0.29) is 0 Å². The van der Waals surface area contributed by atoms with E-state index in [4.69, 9.17) is 0 Å². The van der Waals surface area contributed by atoms with Gasteiger partial charge in [-0.25, -0.2) is 4.98 Å².